The number of hydrogen-bond acceptors (Lipinski definition) is 5. The van der Waals surface area contributed by atoms with E-state index in [0.29, 0.717) is 0 Å². The van der Waals surface area contributed by atoms with Crippen LogP contribution in [-0.4, -0.2) is 44.2 Å². The van der Waals surface area contributed by atoms with E-state index in [1.807, 2.05) is 0 Å². The molecule has 100 valence electrons. The molecule has 4 atom stereocenters. The number of rotatable bonds is 2. The number of halogens is 1. The summed E-state index contributed by atoms with van der Waals surface area (Å²) in [6.07, 6.45) is -2.41. The van der Waals surface area contributed by atoms with E-state index in [0.717, 1.165) is 6.92 Å². The summed E-state index contributed by atoms with van der Waals surface area (Å²) in [6, 6.07) is 1.17. The molecule has 0 amide bonds. The first-order valence-corrected chi connectivity index (χ1v) is 5.73. The van der Waals surface area contributed by atoms with E-state index in [1.165, 1.54) is 16.8 Å². The Labute approximate surface area is 107 Å². The molecule has 1 aromatic rings. The topological polar surface area (TPSA) is 87.5 Å². The van der Waals surface area contributed by atoms with Crippen LogP contribution < -0.4 is 5.56 Å². The number of H-pyrrole nitrogens is 1. The van der Waals surface area contributed by atoms with Crippen LogP contribution in [0.15, 0.2) is 17.1 Å². The van der Waals surface area contributed by atoms with E-state index < -0.39 is 36.3 Å². The van der Waals surface area contributed by atoms with E-state index in [2.05, 4.69) is 4.98 Å². The van der Waals surface area contributed by atoms with Gasteiger partial charge in [0.05, 0.1) is 6.61 Å². The zero-order chi connectivity index (χ0) is 13.5. The van der Waals surface area contributed by atoms with E-state index in [9.17, 15) is 14.3 Å². The van der Waals surface area contributed by atoms with Gasteiger partial charge in [0, 0.05) is 12.3 Å². The van der Waals surface area contributed by atoms with Crippen molar-refractivity contribution in [1.29, 1.82) is 0 Å². The Morgan fingerprint density at radius 3 is 2.89 bits per heavy atom. The standard InChI is InChI=1S/C10H13FN2O4S/c1-10(11)7(16)5(4-14)17-8(10)13-3-2-6(15)12-9(13)18/h2-3,5,7-8,14,16H,4H2,1H3,(H,12,15,18)/t5-,7?,8-,10-/m1/s1. The molecular weight excluding hydrogens is 263 g/mol. The zero-order valence-electron chi connectivity index (χ0n) is 9.54. The van der Waals surface area contributed by atoms with E-state index in [1.54, 1.807) is 0 Å². The highest BCUT2D eigenvalue weighted by Crippen LogP contribution is 2.40. The number of hydrogen-bond donors (Lipinski definition) is 3. The van der Waals surface area contributed by atoms with Gasteiger partial charge >= 0.3 is 0 Å². The van der Waals surface area contributed by atoms with Crippen LogP contribution in [0.5, 0.6) is 0 Å². The van der Waals surface area contributed by atoms with Crippen molar-refractivity contribution in [2.75, 3.05) is 6.61 Å². The Balaban J connectivity index is 2.45. The van der Waals surface area contributed by atoms with Gasteiger partial charge in [-0.05, 0) is 19.1 Å². The highest BCUT2D eigenvalue weighted by atomic mass is 32.1. The minimum absolute atomic E-state index is 0.0119. The van der Waals surface area contributed by atoms with Crippen molar-refractivity contribution in [1.82, 2.24) is 9.55 Å². The summed E-state index contributed by atoms with van der Waals surface area (Å²) in [6.45, 7) is 0.652. The molecule has 2 heterocycles. The predicted octanol–water partition coefficient (Wildman–Crippen LogP) is -0.115. The number of ether oxygens (including phenoxy) is 1. The van der Waals surface area contributed by atoms with Crippen molar-refractivity contribution < 1.29 is 19.3 Å². The maximum Gasteiger partial charge on any atom is 0.251 e. The van der Waals surface area contributed by atoms with Gasteiger partial charge in [-0.1, -0.05) is 0 Å². The Bertz CT molecular complexity index is 555. The number of aromatic nitrogens is 2. The van der Waals surface area contributed by atoms with Gasteiger partial charge in [0.15, 0.2) is 16.7 Å². The lowest BCUT2D eigenvalue weighted by molar-refractivity contribution is -0.0601. The van der Waals surface area contributed by atoms with Gasteiger partial charge in [-0.25, -0.2) is 4.39 Å². The van der Waals surface area contributed by atoms with Crippen LogP contribution in [0.4, 0.5) is 4.39 Å². The fraction of sp³-hybridized carbons (Fsp3) is 0.600. The number of aliphatic hydroxyl groups excluding tert-OH is 2. The van der Waals surface area contributed by atoms with Gasteiger partial charge in [-0.3, -0.25) is 14.3 Å². The fourth-order valence-corrected chi connectivity index (χ4v) is 2.23. The van der Waals surface area contributed by atoms with Crippen molar-refractivity contribution in [2.45, 2.75) is 31.0 Å². The molecule has 0 saturated carbocycles. The van der Waals surface area contributed by atoms with Crippen molar-refractivity contribution in [3.05, 3.63) is 27.4 Å². The largest absolute Gasteiger partial charge is 0.394 e. The summed E-state index contributed by atoms with van der Waals surface area (Å²) in [5, 5.41) is 18.7. The average molecular weight is 276 g/mol. The third-order valence-corrected chi connectivity index (χ3v) is 3.31. The molecule has 6 nitrogen and oxygen atoms in total. The Morgan fingerprint density at radius 2 is 2.39 bits per heavy atom. The number of nitrogens with zero attached hydrogens (tertiary/aromatic N) is 1. The lowest BCUT2D eigenvalue weighted by Gasteiger charge is -2.25. The third-order valence-electron chi connectivity index (χ3n) is 3.00. The van der Waals surface area contributed by atoms with E-state index in [-0.39, 0.29) is 4.77 Å². The van der Waals surface area contributed by atoms with Gasteiger partial charge in [0.25, 0.3) is 5.56 Å². The molecule has 1 fully saturated rings. The van der Waals surface area contributed by atoms with Crippen LogP contribution in [0.2, 0.25) is 0 Å². The third kappa shape index (κ3) is 2.01. The monoisotopic (exact) mass is 276 g/mol. The number of alkyl halides is 1. The molecule has 1 aliphatic rings. The van der Waals surface area contributed by atoms with Crippen LogP contribution in [-0.2, 0) is 4.74 Å². The van der Waals surface area contributed by atoms with Gasteiger partial charge in [0.1, 0.15) is 12.2 Å². The van der Waals surface area contributed by atoms with Crippen LogP contribution in [0.3, 0.4) is 0 Å². The maximum atomic E-state index is 14.4. The minimum Gasteiger partial charge on any atom is -0.394 e. The van der Waals surface area contributed by atoms with Gasteiger partial charge in [-0.2, -0.15) is 0 Å². The first-order chi connectivity index (χ1) is 8.37. The molecule has 0 bridgehead atoms. The molecule has 2 rings (SSSR count). The summed E-state index contributed by atoms with van der Waals surface area (Å²) in [4.78, 5) is 13.4. The van der Waals surface area contributed by atoms with E-state index in [4.69, 9.17) is 22.1 Å². The Kier molecular flexibility index (Phi) is 3.37. The lowest BCUT2D eigenvalue weighted by atomic mass is 9.99. The van der Waals surface area contributed by atoms with Gasteiger partial charge in [0.2, 0.25) is 0 Å². The molecule has 0 radical (unpaired) electrons. The summed E-state index contributed by atoms with van der Waals surface area (Å²) < 4.78 is 20.9. The second-order valence-electron chi connectivity index (χ2n) is 4.32. The molecule has 0 spiro atoms. The molecule has 18 heavy (non-hydrogen) atoms. The zero-order valence-corrected chi connectivity index (χ0v) is 10.4. The highest BCUT2D eigenvalue weighted by Gasteiger charge is 2.54. The van der Waals surface area contributed by atoms with Crippen molar-refractivity contribution >= 4 is 12.2 Å². The molecule has 8 heteroatoms. The van der Waals surface area contributed by atoms with Crippen LogP contribution >= 0.6 is 12.2 Å². The minimum atomic E-state index is -2.12. The molecule has 0 aromatic carbocycles. The number of nitrogens with one attached hydrogen (secondary N) is 1. The van der Waals surface area contributed by atoms with Gasteiger partial charge < -0.3 is 14.9 Å². The first-order valence-electron chi connectivity index (χ1n) is 5.32. The van der Waals surface area contributed by atoms with E-state index >= 15 is 0 Å². The second kappa shape index (κ2) is 4.54. The molecule has 1 unspecified atom stereocenters. The molecular formula is C10H13FN2O4S. The number of aliphatic hydroxyl groups is 2. The molecule has 1 saturated heterocycles. The van der Waals surface area contributed by atoms with Crippen molar-refractivity contribution in [3.8, 4) is 0 Å². The molecule has 0 aliphatic carbocycles. The lowest BCUT2D eigenvalue weighted by Crippen LogP contribution is -2.40. The van der Waals surface area contributed by atoms with Crippen molar-refractivity contribution in [2.24, 2.45) is 0 Å². The predicted molar refractivity (Wildman–Crippen MR) is 62.4 cm³/mol. The average Bonchev–Trinajstić information content (AvgIpc) is 2.52. The smallest absolute Gasteiger partial charge is 0.251 e. The van der Waals surface area contributed by atoms with Gasteiger partial charge in [-0.15, -0.1) is 0 Å². The highest BCUT2D eigenvalue weighted by molar-refractivity contribution is 7.71. The fourth-order valence-electron chi connectivity index (χ4n) is 1.97. The summed E-state index contributed by atoms with van der Waals surface area (Å²) in [5.74, 6) is 0. The van der Waals surface area contributed by atoms with Crippen LogP contribution in [0, 0.1) is 4.77 Å². The van der Waals surface area contributed by atoms with Crippen LogP contribution in [0.1, 0.15) is 13.2 Å². The second-order valence-corrected chi connectivity index (χ2v) is 4.71. The number of aromatic amines is 1. The Morgan fingerprint density at radius 1 is 1.72 bits per heavy atom. The molecule has 3 N–H and O–H groups in total. The summed E-state index contributed by atoms with van der Waals surface area (Å²) in [7, 11) is 0. The maximum absolute atomic E-state index is 14.4. The Hall–Kier alpha value is -1.09. The van der Waals surface area contributed by atoms with Crippen molar-refractivity contribution in [3.63, 3.8) is 0 Å². The van der Waals surface area contributed by atoms with Crippen LogP contribution in [0.25, 0.3) is 0 Å². The SMILES string of the molecule is C[C@@]1(F)C(O)[C@@H](CO)O[C@H]1n1ccc(=O)[nH]c1=S. The summed E-state index contributed by atoms with van der Waals surface area (Å²) in [5.41, 5.74) is -2.53. The molecule has 1 aromatic heterocycles. The normalized spacial score (nSPS) is 35.9. The quantitative estimate of drug-likeness (QED) is 0.656. The molecule has 1 aliphatic heterocycles. The first kappa shape index (κ1) is 13.3. The summed E-state index contributed by atoms with van der Waals surface area (Å²) >= 11 is 4.91.